The van der Waals surface area contributed by atoms with Crippen LogP contribution in [0.2, 0.25) is 0 Å². The SMILES string of the molecule is CCNC1=C(N)C(C)(NCC)NC=C1C(=O)OCC. The van der Waals surface area contributed by atoms with Crippen LogP contribution in [0, 0.1) is 0 Å². The summed E-state index contributed by atoms with van der Waals surface area (Å²) >= 11 is 0. The molecule has 1 aliphatic heterocycles. The Hall–Kier alpha value is -1.69. The molecule has 6 heteroatoms. The van der Waals surface area contributed by atoms with Crippen molar-refractivity contribution >= 4 is 5.97 Å². The lowest BCUT2D eigenvalue weighted by atomic mass is 9.98. The van der Waals surface area contributed by atoms with Crippen LogP contribution in [0.15, 0.2) is 23.2 Å². The maximum atomic E-state index is 11.9. The molecular weight excluding hydrogens is 244 g/mol. The third-order valence-electron chi connectivity index (χ3n) is 2.96. The Morgan fingerprint density at radius 3 is 2.63 bits per heavy atom. The van der Waals surface area contributed by atoms with Crippen molar-refractivity contribution in [2.45, 2.75) is 33.4 Å². The van der Waals surface area contributed by atoms with Gasteiger partial charge in [0.05, 0.1) is 18.0 Å². The van der Waals surface area contributed by atoms with Crippen LogP contribution in [0.3, 0.4) is 0 Å². The van der Waals surface area contributed by atoms with Crippen molar-refractivity contribution in [3.63, 3.8) is 0 Å². The number of ether oxygens (including phenoxy) is 1. The van der Waals surface area contributed by atoms with Gasteiger partial charge in [-0.2, -0.15) is 0 Å². The van der Waals surface area contributed by atoms with Crippen LogP contribution in [0.25, 0.3) is 0 Å². The Bertz CT molecular complexity index is 403. The molecule has 0 aromatic carbocycles. The summed E-state index contributed by atoms with van der Waals surface area (Å²) in [6.07, 6.45) is 1.65. The lowest BCUT2D eigenvalue weighted by Gasteiger charge is -2.37. The fraction of sp³-hybridized carbons (Fsp3) is 0.615. The molecule has 19 heavy (non-hydrogen) atoms. The first kappa shape index (κ1) is 15.4. The Balaban J connectivity index is 3.10. The van der Waals surface area contributed by atoms with E-state index in [0.29, 0.717) is 30.1 Å². The Labute approximate surface area is 114 Å². The monoisotopic (exact) mass is 268 g/mol. The molecule has 0 saturated heterocycles. The van der Waals surface area contributed by atoms with Gasteiger partial charge < -0.3 is 21.1 Å². The second kappa shape index (κ2) is 6.47. The summed E-state index contributed by atoms with van der Waals surface area (Å²) in [5.74, 6) is -0.382. The van der Waals surface area contributed by atoms with Crippen molar-refractivity contribution in [3.05, 3.63) is 23.2 Å². The van der Waals surface area contributed by atoms with Crippen LogP contribution in [0.4, 0.5) is 0 Å². The predicted molar refractivity (Wildman–Crippen MR) is 74.8 cm³/mol. The van der Waals surface area contributed by atoms with E-state index in [1.54, 1.807) is 13.1 Å². The average molecular weight is 268 g/mol. The van der Waals surface area contributed by atoms with Crippen molar-refractivity contribution in [2.24, 2.45) is 5.73 Å². The molecule has 6 nitrogen and oxygen atoms in total. The summed E-state index contributed by atoms with van der Waals surface area (Å²) in [6.45, 7) is 9.42. The van der Waals surface area contributed by atoms with Crippen molar-refractivity contribution in [1.29, 1.82) is 0 Å². The van der Waals surface area contributed by atoms with E-state index in [1.165, 1.54) is 0 Å². The fourth-order valence-corrected chi connectivity index (χ4v) is 2.00. The zero-order valence-corrected chi connectivity index (χ0v) is 12.1. The van der Waals surface area contributed by atoms with Crippen molar-refractivity contribution in [2.75, 3.05) is 19.7 Å². The molecule has 1 unspecified atom stereocenters. The first-order chi connectivity index (χ1) is 9.00. The molecular formula is C13H24N4O2. The van der Waals surface area contributed by atoms with Gasteiger partial charge in [0.1, 0.15) is 11.2 Å². The van der Waals surface area contributed by atoms with Gasteiger partial charge in [-0.15, -0.1) is 0 Å². The standard InChI is InChI=1S/C13H24N4O2/c1-5-15-10-9(12(18)19-7-3)8-17-13(4,11(10)14)16-6-2/h8,15-17H,5-7,14H2,1-4H3. The third kappa shape index (κ3) is 3.20. The number of carbonyl (C=O) groups is 1. The normalized spacial score (nSPS) is 22.6. The number of dihydropyridines is 1. The summed E-state index contributed by atoms with van der Waals surface area (Å²) in [6, 6.07) is 0. The highest BCUT2D eigenvalue weighted by Gasteiger charge is 2.34. The molecule has 5 N–H and O–H groups in total. The second-order valence-electron chi connectivity index (χ2n) is 4.40. The van der Waals surface area contributed by atoms with E-state index in [1.807, 2.05) is 20.8 Å². The Morgan fingerprint density at radius 1 is 1.42 bits per heavy atom. The van der Waals surface area contributed by atoms with Crippen molar-refractivity contribution in [3.8, 4) is 0 Å². The summed E-state index contributed by atoms with van der Waals surface area (Å²) in [5, 5.41) is 9.53. The van der Waals surface area contributed by atoms with Gasteiger partial charge in [-0.3, -0.25) is 5.32 Å². The molecule has 1 rings (SSSR count). The topological polar surface area (TPSA) is 88.4 Å². The fourth-order valence-electron chi connectivity index (χ4n) is 2.00. The van der Waals surface area contributed by atoms with Gasteiger partial charge in [-0.05, 0) is 27.3 Å². The molecule has 0 aromatic heterocycles. The zero-order chi connectivity index (χ0) is 14.5. The molecule has 1 atom stereocenters. The Morgan fingerprint density at radius 2 is 2.11 bits per heavy atom. The summed E-state index contributed by atoms with van der Waals surface area (Å²) in [4.78, 5) is 11.9. The van der Waals surface area contributed by atoms with E-state index in [0.717, 1.165) is 6.54 Å². The zero-order valence-electron chi connectivity index (χ0n) is 12.1. The quantitative estimate of drug-likeness (QED) is 0.513. The number of carbonyl (C=O) groups excluding carboxylic acids is 1. The number of hydrogen-bond acceptors (Lipinski definition) is 6. The minimum atomic E-state index is -0.567. The van der Waals surface area contributed by atoms with E-state index in [4.69, 9.17) is 10.5 Å². The summed E-state index contributed by atoms with van der Waals surface area (Å²) < 4.78 is 5.04. The summed E-state index contributed by atoms with van der Waals surface area (Å²) in [5.41, 5.74) is 7.24. The maximum Gasteiger partial charge on any atom is 0.341 e. The lowest BCUT2D eigenvalue weighted by Crippen LogP contribution is -2.59. The van der Waals surface area contributed by atoms with Gasteiger partial charge in [-0.1, -0.05) is 6.92 Å². The van der Waals surface area contributed by atoms with Crippen LogP contribution in [0.1, 0.15) is 27.7 Å². The largest absolute Gasteiger partial charge is 0.462 e. The van der Waals surface area contributed by atoms with Crippen molar-refractivity contribution in [1.82, 2.24) is 16.0 Å². The predicted octanol–water partition coefficient (Wildman–Crippen LogP) is 0.142. The van der Waals surface area contributed by atoms with E-state index < -0.39 is 5.66 Å². The van der Waals surface area contributed by atoms with Crippen LogP contribution >= 0.6 is 0 Å². The molecule has 0 radical (unpaired) electrons. The van der Waals surface area contributed by atoms with Crippen LogP contribution in [0.5, 0.6) is 0 Å². The molecule has 0 aliphatic carbocycles. The molecule has 1 heterocycles. The number of likely N-dealkylation sites (N-methyl/N-ethyl adjacent to an activating group) is 2. The van der Waals surface area contributed by atoms with Crippen LogP contribution < -0.4 is 21.7 Å². The molecule has 0 spiro atoms. The highest BCUT2D eigenvalue weighted by molar-refractivity contribution is 5.93. The van der Waals surface area contributed by atoms with Crippen LogP contribution in [-0.2, 0) is 9.53 Å². The lowest BCUT2D eigenvalue weighted by molar-refractivity contribution is -0.138. The van der Waals surface area contributed by atoms with Gasteiger partial charge in [0.25, 0.3) is 0 Å². The number of esters is 1. The molecule has 0 aromatic rings. The van der Waals surface area contributed by atoms with Gasteiger partial charge >= 0.3 is 5.97 Å². The molecule has 0 fully saturated rings. The first-order valence-electron chi connectivity index (χ1n) is 6.64. The van der Waals surface area contributed by atoms with Gasteiger partial charge in [0, 0.05) is 12.7 Å². The number of nitrogens with one attached hydrogen (secondary N) is 3. The van der Waals surface area contributed by atoms with Crippen LogP contribution in [-0.4, -0.2) is 31.3 Å². The van der Waals surface area contributed by atoms with E-state index in [-0.39, 0.29) is 5.97 Å². The highest BCUT2D eigenvalue weighted by Crippen LogP contribution is 2.23. The summed E-state index contributed by atoms with van der Waals surface area (Å²) in [7, 11) is 0. The molecule has 0 bridgehead atoms. The maximum absolute atomic E-state index is 11.9. The number of nitrogens with two attached hydrogens (primary N) is 1. The molecule has 108 valence electrons. The molecule has 1 aliphatic rings. The third-order valence-corrected chi connectivity index (χ3v) is 2.96. The minimum absolute atomic E-state index is 0.333. The smallest absolute Gasteiger partial charge is 0.341 e. The van der Waals surface area contributed by atoms with E-state index >= 15 is 0 Å². The minimum Gasteiger partial charge on any atom is -0.462 e. The number of hydrogen-bond donors (Lipinski definition) is 4. The first-order valence-corrected chi connectivity index (χ1v) is 6.64. The average Bonchev–Trinajstić information content (AvgIpc) is 2.36. The van der Waals surface area contributed by atoms with Gasteiger partial charge in [0.15, 0.2) is 0 Å². The molecule has 0 saturated carbocycles. The van der Waals surface area contributed by atoms with Gasteiger partial charge in [-0.25, -0.2) is 4.79 Å². The van der Waals surface area contributed by atoms with E-state index in [9.17, 15) is 4.79 Å². The second-order valence-corrected chi connectivity index (χ2v) is 4.40. The van der Waals surface area contributed by atoms with Crippen molar-refractivity contribution < 1.29 is 9.53 Å². The molecule has 0 amide bonds. The number of rotatable bonds is 6. The highest BCUT2D eigenvalue weighted by atomic mass is 16.5. The van der Waals surface area contributed by atoms with E-state index in [2.05, 4.69) is 16.0 Å². The van der Waals surface area contributed by atoms with Gasteiger partial charge in [0.2, 0.25) is 0 Å². The Kier molecular flexibility index (Phi) is 5.23.